The Morgan fingerprint density at radius 1 is 1.67 bits per heavy atom. The van der Waals surface area contributed by atoms with E-state index in [0.29, 0.717) is 13.0 Å². The third-order valence-electron chi connectivity index (χ3n) is 1.98. The first kappa shape index (κ1) is 9.03. The second-order valence-electron chi connectivity index (χ2n) is 2.94. The van der Waals surface area contributed by atoms with Crippen LogP contribution in [-0.4, -0.2) is 23.7 Å². The smallest absolute Gasteiger partial charge is 0.308 e. The van der Waals surface area contributed by atoms with Crippen molar-refractivity contribution in [3.63, 3.8) is 0 Å². The number of rotatable bonds is 3. The van der Waals surface area contributed by atoms with Gasteiger partial charge in [0.1, 0.15) is 0 Å². The van der Waals surface area contributed by atoms with Gasteiger partial charge >= 0.3 is 11.9 Å². The van der Waals surface area contributed by atoms with Gasteiger partial charge in [0, 0.05) is 6.42 Å². The van der Waals surface area contributed by atoms with Crippen LogP contribution in [0.3, 0.4) is 0 Å². The average Bonchev–Trinajstić information content (AvgIpc) is 2.03. The number of carbonyl (C=O) groups excluding carboxylic acids is 1. The number of esters is 1. The monoisotopic (exact) mass is 172 g/mol. The summed E-state index contributed by atoms with van der Waals surface area (Å²) in [5.74, 6) is -1.27. The van der Waals surface area contributed by atoms with Crippen LogP contribution in [0.4, 0.5) is 0 Å². The summed E-state index contributed by atoms with van der Waals surface area (Å²) >= 11 is 0. The molecule has 4 nitrogen and oxygen atoms in total. The van der Waals surface area contributed by atoms with Crippen molar-refractivity contribution in [3.05, 3.63) is 0 Å². The topological polar surface area (TPSA) is 63.6 Å². The fourth-order valence-corrected chi connectivity index (χ4v) is 1.30. The van der Waals surface area contributed by atoms with Crippen LogP contribution in [-0.2, 0) is 14.3 Å². The average molecular weight is 172 g/mol. The van der Waals surface area contributed by atoms with Gasteiger partial charge < -0.3 is 9.84 Å². The Morgan fingerprint density at radius 3 is 3.00 bits per heavy atom. The van der Waals surface area contributed by atoms with Crippen molar-refractivity contribution < 1.29 is 19.4 Å². The van der Waals surface area contributed by atoms with Gasteiger partial charge in [-0.3, -0.25) is 9.59 Å². The lowest BCUT2D eigenvalue weighted by molar-refractivity contribution is -0.153. The zero-order chi connectivity index (χ0) is 8.97. The molecule has 0 aromatic rings. The lowest BCUT2D eigenvalue weighted by Crippen LogP contribution is -2.24. The molecular formula is C8H12O4. The Hall–Kier alpha value is -1.06. The molecule has 0 aromatic heterocycles. The van der Waals surface area contributed by atoms with E-state index in [1.165, 1.54) is 0 Å². The number of hydrogen-bond donors (Lipinski definition) is 1. The van der Waals surface area contributed by atoms with Crippen molar-refractivity contribution >= 4 is 11.9 Å². The van der Waals surface area contributed by atoms with Gasteiger partial charge in [0.15, 0.2) is 0 Å². The van der Waals surface area contributed by atoms with Crippen LogP contribution >= 0.6 is 0 Å². The zero-order valence-corrected chi connectivity index (χ0v) is 6.78. The molecule has 0 amide bonds. The summed E-state index contributed by atoms with van der Waals surface area (Å²) in [4.78, 5) is 21.2. The van der Waals surface area contributed by atoms with Crippen LogP contribution in [0.25, 0.3) is 0 Å². The van der Waals surface area contributed by atoms with Gasteiger partial charge in [0.05, 0.1) is 12.5 Å². The first-order valence-electron chi connectivity index (χ1n) is 4.08. The number of hydrogen-bond acceptors (Lipinski definition) is 3. The molecule has 68 valence electrons. The van der Waals surface area contributed by atoms with Crippen LogP contribution in [0.2, 0.25) is 0 Å². The maximum Gasteiger partial charge on any atom is 0.308 e. The summed E-state index contributed by atoms with van der Waals surface area (Å²) in [5, 5.41) is 8.38. The molecule has 0 aliphatic carbocycles. The van der Waals surface area contributed by atoms with E-state index in [4.69, 9.17) is 9.84 Å². The highest BCUT2D eigenvalue weighted by molar-refractivity contribution is 5.74. The molecular weight excluding hydrogens is 160 g/mol. The Morgan fingerprint density at radius 2 is 2.42 bits per heavy atom. The normalized spacial score (nSPS) is 23.3. The Kier molecular flexibility index (Phi) is 3.08. The molecule has 1 aliphatic heterocycles. The van der Waals surface area contributed by atoms with E-state index in [-0.39, 0.29) is 18.3 Å². The van der Waals surface area contributed by atoms with Gasteiger partial charge in [-0.15, -0.1) is 0 Å². The Balaban J connectivity index is 2.29. The largest absolute Gasteiger partial charge is 0.481 e. The lowest BCUT2D eigenvalue weighted by atomic mass is 9.96. The first-order chi connectivity index (χ1) is 5.70. The molecule has 0 saturated carbocycles. The van der Waals surface area contributed by atoms with Crippen molar-refractivity contribution in [3.8, 4) is 0 Å². The van der Waals surface area contributed by atoms with Crippen LogP contribution in [0.5, 0.6) is 0 Å². The van der Waals surface area contributed by atoms with Crippen molar-refractivity contribution in [1.29, 1.82) is 0 Å². The lowest BCUT2D eigenvalue weighted by Gasteiger charge is -2.19. The van der Waals surface area contributed by atoms with E-state index in [2.05, 4.69) is 0 Å². The fraction of sp³-hybridized carbons (Fsp3) is 0.750. The molecule has 1 unspecified atom stereocenters. The standard InChI is InChI=1S/C8H12O4/c9-7(10)4-3-6-2-1-5-12-8(6)11/h6H,1-5H2,(H,9,10). The van der Waals surface area contributed by atoms with E-state index in [9.17, 15) is 9.59 Å². The molecule has 1 heterocycles. The van der Waals surface area contributed by atoms with Crippen LogP contribution in [0.1, 0.15) is 25.7 Å². The van der Waals surface area contributed by atoms with Crippen LogP contribution in [0.15, 0.2) is 0 Å². The number of aliphatic carboxylic acids is 1. The highest BCUT2D eigenvalue weighted by atomic mass is 16.5. The number of carboxylic acid groups (broad SMARTS) is 1. The molecule has 0 bridgehead atoms. The second kappa shape index (κ2) is 4.09. The zero-order valence-electron chi connectivity index (χ0n) is 6.78. The molecule has 1 aliphatic rings. The van der Waals surface area contributed by atoms with E-state index < -0.39 is 5.97 Å². The first-order valence-corrected chi connectivity index (χ1v) is 4.08. The number of cyclic esters (lactones) is 1. The van der Waals surface area contributed by atoms with E-state index in [0.717, 1.165) is 12.8 Å². The maximum absolute atomic E-state index is 11.0. The molecule has 0 radical (unpaired) electrons. The molecule has 1 fully saturated rings. The number of carboxylic acids is 1. The minimum atomic E-state index is -0.853. The summed E-state index contributed by atoms with van der Waals surface area (Å²) in [5.41, 5.74) is 0. The van der Waals surface area contributed by atoms with Crippen molar-refractivity contribution in [2.24, 2.45) is 5.92 Å². The summed E-state index contributed by atoms with van der Waals surface area (Å²) < 4.78 is 4.79. The van der Waals surface area contributed by atoms with Gasteiger partial charge in [-0.05, 0) is 19.3 Å². The molecule has 0 aromatic carbocycles. The van der Waals surface area contributed by atoms with Crippen LogP contribution in [0, 0.1) is 5.92 Å². The minimum Gasteiger partial charge on any atom is -0.481 e. The molecule has 1 rings (SSSR count). The van der Waals surface area contributed by atoms with E-state index in [1.54, 1.807) is 0 Å². The third-order valence-corrected chi connectivity index (χ3v) is 1.98. The molecule has 12 heavy (non-hydrogen) atoms. The SMILES string of the molecule is O=C(O)CCC1CCCOC1=O. The number of ether oxygens (including phenoxy) is 1. The fourth-order valence-electron chi connectivity index (χ4n) is 1.30. The number of carbonyl (C=O) groups is 2. The Bertz CT molecular complexity index is 187. The molecule has 1 saturated heterocycles. The van der Waals surface area contributed by atoms with E-state index >= 15 is 0 Å². The van der Waals surface area contributed by atoms with Gasteiger partial charge in [0.2, 0.25) is 0 Å². The second-order valence-corrected chi connectivity index (χ2v) is 2.94. The van der Waals surface area contributed by atoms with Crippen molar-refractivity contribution in [1.82, 2.24) is 0 Å². The molecule has 0 spiro atoms. The molecule has 1 N–H and O–H groups in total. The predicted octanol–water partition coefficient (Wildman–Crippen LogP) is 0.804. The summed E-state index contributed by atoms with van der Waals surface area (Å²) in [6.45, 7) is 0.488. The summed E-state index contributed by atoms with van der Waals surface area (Å²) in [6.07, 6.45) is 2.09. The summed E-state index contributed by atoms with van der Waals surface area (Å²) in [6, 6.07) is 0. The van der Waals surface area contributed by atoms with Crippen LogP contribution < -0.4 is 0 Å². The predicted molar refractivity (Wildman–Crippen MR) is 40.6 cm³/mol. The quantitative estimate of drug-likeness (QED) is 0.639. The molecule has 1 atom stereocenters. The van der Waals surface area contributed by atoms with Gasteiger partial charge in [0.25, 0.3) is 0 Å². The molecule has 4 heteroatoms. The van der Waals surface area contributed by atoms with Crippen molar-refractivity contribution in [2.45, 2.75) is 25.7 Å². The van der Waals surface area contributed by atoms with Crippen molar-refractivity contribution in [2.75, 3.05) is 6.61 Å². The van der Waals surface area contributed by atoms with Gasteiger partial charge in [-0.25, -0.2) is 0 Å². The highest BCUT2D eigenvalue weighted by Crippen LogP contribution is 2.19. The highest BCUT2D eigenvalue weighted by Gasteiger charge is 2.24. The van der Waals surface area contributed by atoms with E-state index in [1.807, 2.05) is 0 Å². The third kappa shape index (κ3) is 2.53. The maximum atomic E-state index is 11.0. The van der Waals surface area contributed by atoms with Gasteiger partial charge in [-0.1, -0.05) is 0 Å². The Labute approximate surface area is 70.5 Å². The minimum absolute atomic E-state index is 0.0553. The van der Waals surface area contributed by atoms with Gasteiger partial charge in [-0.2, -0.15) is 0 Å². The summed E-state index contributed by atoms with van der Waals surface area (Å²) in [7, 11) is 0.